The molecule has 1 fully saturated rings. The predicted octanol–water partition coefficient (Wildman–Crippen LogP) is 6.19. The monoisotopic (exact) mass is 604 g/mol. The van der Waals surface area contributed by atoms with Crippen LogP contribution < -0.4 is 14.4 Å². The molecule has 7 nitrogen and oxygen atoms in total. The van der Waals surface area contributed by atoms with E-state index in [9.17, 15) is 14.9 Å². The molecule has 0 atom stereocenters. The zero-order chi connectivity index (χ0) is 24.2. The van der Waals surface area contributed by atoms with Crippen molar-refractivity contribution in [3.63, 3.8) is 0 Å². The molecule has 3 aromatic carbocycles. The number of hydrogen-bond acceptors (Lipinski definition) is 7. The van der Waals surface area contributed by atoms with Gasteiger partial charge < -0.3 is 9.47 Å². The number of nitro benzene ring substituents is 1. The molecule has 0 unspecified atom stereocenters. The number of nitro groups is 1. The molecule has 172 valence electrons. The van der Waals surface area contributed by atoms with Crippen molar-refractivity contribution in [1.82, 2.24) is 0 Å². The van der Waals surface area contributed by atoms with E-state index in [1.165, 1.54) is 40.9 Å². The van der Waals surface area contributed by atoms with Gasteiger partial charge in [0.15, 0.2) is 15.8 Å². The van der Waals surface area contributed by atoms with E-state index in [4.69, 9.17) is 21.7 Å². The van der Waals surface area contributed by atoms with Crippen LogP contribution in [0.1, 0.15) is 11.1 Å². The summed E-state index contributed by atoms with van der Waals surface area (Å²) in [5.74, 6) is 0.851. The number of ether oxygens (including phenoxy) is 2. The highest BCUT2D eigenvalue weighted by atomic mass is 127. The molecule has 0 saturated carbocycles. The Morgan fingerprint density at radius 2 is 1.79 bits per heavy atom. The lowest BCUT2D eigenvalue weighted by molar-refractivity contribution is -0.384. The fraction of sp³-hybridized carbons (Fsp3) is 0.0833. The van der Waals surface area contributed by atoms with Crippen molar-refractivity contribution in [3.8, 4) is 11.5 Å². The molecular weight excluding hydrogens is 587 g/mol. The van der Waals surface area contributed by atoms with Crippen LogP contribution in [-0.4, -0.2) is 22.3 Å². The molecule has 1 amide bonds. The van der Waals surface area contributed by atoms with Crippen LogP contribution in [0.3, 0.4) is 0 Å². The summed E-state index contributed by atoms with van der Waals surface area (Å²) in [5, 5.41) is 10.9. The minimum Gasteiger partial charge on any atom is -0.493 e. The highest BCUT2D eigenvalue weighted by molar-refractivity contribution is 14.1. The Morgan fingerprint density at radius 1 is 1.09 bits per heavy atom. The van der Waals surface area contributed by atoms with Crippen molar-refractivity contribution in [2.45, 2.75) is 6.61 Å². The number of non-ortho nitro benzene ring substituents is 1. The number of thioether (sulfide) groups is 1. The third-order valence-corrected chi connectivity index (χ3v) is 6.93. The fourth-order valence-electron chi connectivity index (χ4n) is 3.20. The third-order valence-electron chi connectivity index (χ3n) is 4.91. The van der Waals surface area contributed by atoms with Crippen LogP contribution in [0.4, 0.5) is 11.4 Å². The molecule has 34 heavy (non-hydrogen) atoms. The number of carbonyl (C=O) groups excluding carboxylic acids is 1. The summed E-state index contributed by atoms with van der Waals surface area (Å²) in [5.41, 5.74) is 2.22. The number of halogens is 1. The lowest BCUT2D eigenvalue weighted by Crippen LogP contribution is -2.27. The van der Waals surface area contributed by atoms with E-state index in [2.05, 4.69) is 22.6 Å². The third kappa shape index (κ3) is 5.40. The Hall–Kier alpha value is -2.96. The first-order chi connectivity index (χ1) is 16.4. The van der Waals surface area contributed by atoms with Crippen LogP contribution in [0, 0.1) is 13.7 Å². The minimum atomic E-state index is -0.491. The Bertz CT molecular complexity index is 1290. The van der Waals surface area contributed by atoms with Crippen molar-refractivity contribution < 1.29 is 19.2 Å². The Kier molecular flexibility index (Phi) is 7.49. The molecule has 10 heteroatoms. The van der Waals surface area contributed by atoms with Crippen molar-refractivity contribution in [1.29, 1.82) is 0 Å². The number of thiocarbonyl (C=S) groups is 1. The molecule has 0 aromatic heterocycles. The van der Waals surface area contributed by atoms with Gasteiger partial charge in [-0.2, -0.15) is 0 Å². The Balaban J connectivity index is 1.51. The highest BCUT2D eigenvalue weighted by Gasteiger charge is 2.33. The summed E-state index contributed by atoms with van der Waals surface area (Å²) in [7, 11) is 1.56. The lowest BCUT2D eigenvalue weighted by atomic mass is 10.1. The molecule has 3 aromatic rings. The van der Waals surface area contributed by atoms with Crippen LogP contribution in [0.5, 0.6) is 11.5 Å². The fourth-order valence-corrected chi connectivity index (χ4v) is 4.86. The van der Waals surface area contributed by atoms with E-state index in [0.29, 0.717) is 33.0 Å². The SMILES string of the molecule is COc1cc(/C=C2/SC(=S)N(c3ccc([N+](=O)[O-])cc3)C2=O)ccc1OCc1ccc(I)cc1. The van der Waals surface area contributed by atoms with Crippen LogP contribution in [0.25, 0.3) is 6.08 Å². The zero-order valence-electron chi connectivity index (χ0n) is 17.8. The molecule has 0 bridgehead atoms. The maximum atomic E-state index is 13.0. The molecule has 1 aliphatic rings. The van der Waals surface area contributed by atoms with Gasteiger partial charge in [0.2, 0.25) is 0 Å². The topological polar surface area (TPSA) is 81.9 Å². The van der Waals surface area contributed by atoms with Gasteiger partial charge in [0.25, 0.3) is 11.6 Å². The van der Waals surface area contributed by atoms with Gasteiger partial charge in [0.1, 0.15) is 6.61 Å². The predicted molar refractivity (Wildman–Crippen MR) is 145 cm³/mol. The maximum Gasteiger partial charge on any atom is 0.270 e. The van der Waals surface area contributed by atoms with Crippen molar-refractivity contribution in [3.05, 3.63) is 96.4 Å². The van der Waals surface area contributed by atoms with E-state index in [-0.39, 0.29) is 11.6 Å². The summed E-state index contributed by atoms with van der Waals surface area (Å²) in [6.45, 7) is 0.403. The van der Waals surface area contributed by atoms with Gasteiger partial charge in [-0.15, -0.1) is 0 Å². The Morgan fingerprint density at radius 3 is 2.44 bits per heavy atom. The summed E-state index contributed by atoms with van der Waals surface area (Å²) < 4.78 is 12.9. The molecule has 0 spiro atoms. The second-order valence-electron chi connectivity index (χ2n) is 7.12. The molecule has 0 N–H and O–H groups in total. The van der Waals surface area contributed by atoms with Crippen molar-refractivity contribution >= 4 is 74.2 Å². The smallest absolute Gasteiger partial charge is 0.270 e. The first-order valence-corrected chi connectivity index (χ1v) is 12.2. The number of benzene rings is 3. The molecule has 1 saturated heterocycles. The average Bonchev–Trinajstić information content (AvgIpc) is 3.11. The molecule has 4 rings (SSSR count). The molecule has 1 heterocycles. The molecule has 1 aliphatic heterocycles. The number of nitrogens with zero attached hydrogens (tertiary/aromatic N) is 2. The Labute approximate surface area is 219 Å². The minimum absolute atomic E-state index is 0.0545. The van der Waals surface area contributed by atoms with E-state index in [1.54, 1.807) is 25.3 Å². The maximum absolute atomic E-state index is 13.0. The van der Waals surface area contributed by atoms with Gasteiger partial charge in [-0.3, -0.25) is 19.8 Å². The molecule has 0 radical (unpaired) electrons. The normalized spacial score (nSPS) is 14.5. The number of methoxy groups -OCH3 is 1. The van der Waals surface area contributed by atoms with E-state index >= 15 is 0 Å². The lowest BCUT2D eigenvalue weighted by Gasteiger charge is -2.14. The second-order valence-corrected chi connectivity index (χ2v) is 10.0. The standard InChI is InChI=1S/C24H17IN2O5S2/c1-31-21-12-16(4-11-20(21)32-14-15-2-5-17(25)6-3-15)13-22-23(28)26(24(33)34-22)18-7-9-19(10-8-18)27(29)30/h2-13H,14H2,1H3/b22-13+. The van der Waals surface area contributed by atoms with Crippen LogP contribution in [0.15, 0.2) is 71.6 Å². The van der Waals surface area contributed by atoms with E-state index in [1.807, 2.05) is 30.3 Å². The zero-order valence-corrected chi connectivity index (χ0v) is 21.6. The van der Waals surface area contributed by atoms with Crippen LogP contribution >= 0.6 is 46.6 Å². The van der Waals surface area contributed by atoms with Crippen molar-refractivity contribution in [2.24, 2.45) is 0 Å². The van der Waals surface area contributed by atoms with Gasteiger partial charge in [-0.25, -0.2) is 0 Å². The summed E-state index contributed by atoms with van der Waals surface area (Å²) in [4.78, 5) is 25.2. The second kappa shape index (κ2) is 10.5. The van der Waals surface area contributed by atoms with E-state index in [0.717, 1.165) is 14.7 Å². The molecular formula is C24H17IN2O5S2. The summed E-state index contributed by atoms with van der Waals surface area (Å²) >= 11 is 8.81. The first-order valence-electron chi connectivity index (χ1n) is 9.93. The number of amides is 1. The number of rotatable bonds is 7. The van der Waals surface area contributed by atoms with Crippen LogP contribution in [-0.2, 0) is 11.4 Å². The highest BCUT2D eigenvalue weighted by Crippen LogP contribution is 2.37. The quantitative estimate of drug-likeness (QED) is 0.105. The molecule has 0 aliphatic carbocycles. The van der Waals surface area contributed by atoms with Gasteiger partial charge >= 0.3 is 0 Å². The average molecular weight is 604 g/mol. The summed E-state index contributed by atoms with van der Waals surface area (Å²) in [6, 6.07) is 19.2. The van der Waals surface area contributed by atoms with Gasteiger partial charge in [0, 0.05) is 15.7 Å². The summed E-state index contributed by atoms with van der Waals surface area (Å²) in [6.07, 6.45) is 1.73. The van der Waals surface area contributed by atoms with Crippen molar-refractivity contribution in [2.75, 3.05) is 12.0 Å². The van der Waals surface area contributed by atoms with Gasteiger partial charge in [-0.05, 0) is 76.2 Å². The largest absolute Gasteiger partial charge is 0.493 e. The van der Waals surface area contributed by atoms with Gasteiger partial charge in [0.05, 0.1) is 22.6 Å². The first kappa shape index (κ1) is 24.2. The van der Waals surface area contributed by atoms with Crippen LogP contribution in [0.2, 0.25) is 0 Å². The number of hydrogen-bond donors (Lipinski definition) is 0. The number of anilines is 1. The van der Waals surface area contributed by atoms with Gasteiger partial charge in [-0.1, -0.05) is 42.2 Å². The number of carbonyl (C=O) groups is 1. The van der Waals surface area contributed by atoms with E-state index < -0.39 is 4.92 Å².